The first-order valence-corrected chi connectivity index (χ1v) is 9.53. The molecule has 134 valence electrons. The summed E-state index contributed by atoms with van der Waals surface area (Å²) < 4.78 is 32.0. The average Bonchev–Trinajstić information content (AvgIpc) is 3.05. The van der Waals surface area contributed by atoms with Gasteiger partial charge in [0.2, 0.25) is 16.0 Å². The van der Waals surface area contributed by atoms with Crippen molar-refractivity contribution >= 4 is 16.0 Å². The van der Waals surface area contributed by atoms with Crippen molar-refractivity contribution in [1.29, 1.82) is 0 Å². The second kappa shape index (κ2) is 6.50. The van der Waals surface area contributed by atoms with Gasteiger partial charge in [-0.3, -0.25) is 0 Å². The Bertz CT molecular complexity index is 996. The highest BCUT2D eigenvalue weighted by atomic mass is 32.2. The van der Waals surface area contributed by atoms with Gasteiger partial charge in [-0.05, 0) is 18.2 Å². The summed E-state index contributed by atoms with van der Waals surface area (Å²) in [6, 6.07) is 8.39. The van der Waals surface area contributed by atoms with E-state index in [4.69, 9.17) is 4.42 Å². The molecule has 1 aliphatic heterocycles. The van der Waals surface area contributed by atoms with E-state index in [0.29, 0.717) is 30.6 Å². The van der Waals surface area contributed by atoms with Gasteiger partial charge >= 0.3 is 0 Å². The Morgan fingerprint density at radius 3 is 2.46 bits per heavy atom. The summed E-state index contributed by atoms with van der Waals surface area (Å²) in [6.07, 6.45) is 4.83. The Balaban J connectivity index is 1.43. The lowest BCUT2D eigenvalue weighted by Gasteiger charge is -2.38. The maximum Gasteiger partial charge on any atom is 0.243 e. The van der Waals surface area contributed by atoms with Crippen LogP contribution in [0, 0.1) is 6.92 Å². The standard InChI is InChI=1S/C17H17N5O3S/c1-12-20-16(11-25-12)13-3-5-15(6-4-13)26(23,24)22-9-14(10-22)21-17-18-7-2-8-19-17/h2-8,11,14H,9-10H2,1H3,(H,18,19,21). The van der Waals surface area contributed by atoms with Gasteiger partial charge in [0, 0.05) is 38.0 Å². The molecule has 0 bridgehead atoms. The number of rotatable bonds is 5. The summed E-state index contributed by atoms with van der Waals surface area (Å²) in [6.45, 7) is 2.52. The fraction of sp³-hybridized carbons (Fsp3) is 0.235. The number of hydrogen-bond acceptors (Lipinski definition) is 7. The van der Waals surface area contributed by atoms with Crippen LogP contribution in [0.4, 0.5) is 5.95 Å². The van der Waals surface area contributed by atoms with Crippen LogP contribution in [-0.4, -0.2) is 46.8 Å². The molecule has 8 nitrogen and oxygen atoms in total. The first-order valence-electron chi connectivity index (χ1n) is 8.09. The molecule has 0 radical (unpaired) electrons. The van der Waals surface area contributed by atoms with Crippen LogP contribution in [0.3, 0.4) is 0 Å². The molecule has 0 amide bonds. The second-order valence-electron chi connectivity index (χ2n) is 6.01. The molecule has 1 aromatic carbocycles. The minimum atomic E-state index is -3.51. The Morgan fingerprint density at radius 2 is 1.85 bits per heavy atom. The number of nitrogens with one attached hydrogen (secondary N) is 1. The predicted octanol–water partition coefficient (Wildman–Crippen LogP) is 1.93. The molecule has 0 atom stereocenters. The zero-order valence-corrected chi connectivity index (χ0v) is 14.8. The number of aromatic nitrogens is 3. The zero-order valence-electron chi connectivity index (χ0n) is 14.0. The Morgan fingerprint density at radius 1 is 1.15 bits per heavy atom. The number of anilines is 1. The van der Waals surface area contributed by atoms with Crippen LogP contribution < -0.4 is 5.32 Å². The van der Waals surface area contributed by atoms with Crippen molar-refractivity contribution in [3.63, 3.8) is 0 Å². The van der Waals surface area contributed by atoms with Gasteiger partial charge in [0.15, 0.2) is 5.89 Å². The van der Waals surface area contributed by atoms with Crippen LogP contribution in [0.2, 0.25) is 0 Å². The third kappa shape index (κ3) is 3.18. The molecule has 26 heavy (non-hydrogen) atoms. The van der Waals surface area contributed by atoms with E-state index < -0.39 is 10.0 Å². The molecular formula is C17H17N5O3S. The summed E-state index contributed by atoms with van der Waals surface area (Å²) in [5, 5.41) is 3.12. The minimum absolute atomic E-state index is 0.00422. The first-order chi connectivity index (χ1) is 12.5. The zero-order chi connectivity index (χ0) is 18.1. The van der Waals surface area contributed by atoms with E-state index in [-0.39, 0.29) is 10.9 Å². The number of benzene rings is 1. The number of hydrogen-bond donors (Lipinski definition) is 1. The smallest absolute Gasteiger partial charge is 0.243 e. The van der Waals surface area contributed by atoms with Gasteiger partial charge in [0.25, 0.3) is 0 Å². The summed E-state index contributed by atoms with van der Waals surface area (Å²) in [5.74, 6) is 1.07. The van der Waals surface area contributed by atoms with E-state index in [1.165, 1.54) is 4.31 Å². The van der Waals surface area contributed by atoms with E-state index in [9.17, 15) is 8.42 Å². The molecule has 3 aromatic rings. The molecule has 1 aliphatic rings. The average molecular weight is 371 g/mol. The van der Waals surface area contributed by atoms with Gasteiger partial charge in [0.05, 0.1) is 10.9 Å². The van der Waals surface area contributed by atoms with Crippen LogP contribution in [0.5, 0.6) is 0 Å². The molecular weight excluding hydrogens is 354 g/mol. The Labute approximate surface area is 151 Å². The van der Waals surface area contributed by atoms with Gasteiger partial charge in [-0.15, -0.1) is 0 Å². The lowest BCUT2D eigenvalue weighted by Crippen LogP contribution is -2.56. The van der Waals surface area contributed by atoms with E-state index in [1.807, 2.05) is 0 Å². The summed E-state index contributed by atoms with van der Waals surface area (Å²) >= 11 is 0. The van der Waals surface area contributed by atoms with Gasteiger partial charge in [0.1, 0.15) is 12.0 Å². The second-order valence-corrected chi connectivity index (χ2v) is 7.95. The number of aryl methyl sites for hydroxylation is 1. The Kier molecular flexibility index (Phi) is 4.17. The summed E-state index contributed by atoms with van der Waals surface area (Å²) in [4.78, 5) is 12.7. The lowest BCUT2D eigenvalue weighted by atomic mass is 10.2. The van der Waals surface area contributed by atoms with Gasteiger partial charge in [-0.1, -0.05) is 12.1 Å². The molecule has 1 fully saturated rings. The molecule has 2 aromatic heterocycles. The number of sulfonamides is 1. The molecule has 1 saturated heterocycles. The van der Waals surface area contributed by atoms with E-state index >= 15 is 0 Å². The van der Waals surface area contributed by atoms with Crippen molar-refractivity contribution < 1.29 is 12.8 Å². The van der Waals surface area contributed by atoms with Crippen LogP contribution in [0.25, 0.3) is 11.3 Å². The van der Waals surface area contributed by atoms with Crippen LogP contribution in [0.15, 0.2) is 58.3 Å². The van der Waals surface area contributed by atoms with Crippen molar-refractivity contribution in [1.82, 2.24) is 19.3 Å². The molecule has 4 rings (SSSR count). The minimum Gasteiger partial charge on any atom is -0.449 e. The SMILES string of the molecule is Cc1nc(-c2ccc(S(=O)(=O)N3CC(Nc4ncccn4)C3)cc2)co1. The molecule has 0 unspecified atom stereocenters. The highest BCUT2D eigenvalue weighted by molar-refractivity contribution is 7.89. The highest BCUT2D eigenvalue weighted by Crippen LogP contribution is 2.25. The molecule has 0 spiro atoms. The van der Waals surface area contributed by atoms with Crippen molar-refractivity contribution in [2.45, 2.75) is 17.9 Å². The first kappa shape index (κ1) is 16.7. The van der Waals surface area contributed by atoms with Crippen molar-refractivity contribution in [3.05, 3.63) is 54.9 Å². The number of nitrogens with zero attached hydrogens (tertiary/aromatic N) is 4. The van der Waals surface area contributed by atoms with Crippen molar-refractivity contribution in [3.8, 4) is 11.3 Å². The van der Waals surface area contributed by atoms with Gasteiger partial charge in [-0.25, -0.2) is 23.4 Å². The lowest BCUT2D eigenvalue weighted by molar-refractivity contribution is 0.280. The van der Waals surface area contributed by atoms with Gasteiger partial charge < -0.3 is 9.73 Å². The molecule has 0 saturated carbocycles. The quantitative estimate of drug-likeness (QED) is 0.731. The monoisotopic (exact) mass is 371 g/mol. The summed E-state index contributed by atoms with van der Waals surface area (Å²) in [7, 11) is -3.51. The molecule has 0 aliphatic carbocycles. The number of oxazole rings is 1. The normalized spacial score (nSPS) is 15.6. The fourth-order valence-electron chi connectivity index (χ4n) is 2.72. The third-order valence-corrected chi connectivity index (χ3v) is 6.00. The maximum atomic E-state index is 12.7. The van der Waals surface area contributed by atoms with Crippen LogP contribution in [-0.2, 0) is 10.0 Å². The van der Waals surface area contributed by atoms with Crippen LogP contribution in [0.1, 0.15) is 5.89 Å². The Hall–Kier alpha value is -2.78. The van der Waals surface area contributed by atoms with Crippen LogP contribution >= 0.6 is 0 Å². The molecule has 1 N–H and O–H groups in total. The highest BCUT2D eigenvalue weighted by Gasteiger charge is 2.37. The van der Waals surface area contributed by atoms with E-state index in [2.05, 4.69) is 20.3 Å². The van der Waals surface area contributed by atoms with E-state index in [0.717, 1.165) is 5.56 Å². The third-order valence-electron chi connectivity index (χ3n) is 4.15. The van der Waals surface area contributed by atoms with Crippen molar-refractivity contribution in [2.75, 3.05) is 18.4 Å². The molecule has 3 heterocycles. The van der Waals surface area contributed by atoms with Gasteiger partial charge in [-0.2, -0.15) is 4.31 Å². The topological polar surface area (TPSA) is 101 Å². The molecule has 9 heteroatoms. The summed E-state index contributed by atoms with van der Waals surface area (Å²) in [5.41, 5.74) is 1.49. The van der Waals surface area contributed by atoms with E-state index in [1.54, 1.807) is 55.9 Å². The maximum absolute atomic E-state index is 12.7. The predicted molar refractivity (Wildman–Crippen MR) is 94.9 cm³/mol. The van der Waals surface area contributed by atoms with Crippen molar-refractivity contribution in [2.24, 2.45) is 0 Å². The fourth-order valence-corrected chi connectivity index (χ4v) is 4.26. The largest absolute Gasteiger partial charge is 0.449 e.